The number of likely N-dealkylation sites (N-methyl/N-ethyl adjacent to an activating group) is 1. The van der Waals surface area contributed by atoms with Crippen molar-refractivity contribution in [3.63, 3.8) is 0 Å². The summed E-state index contributed by atoms with van der Waals surface area (Å²) >= 11 is 5.89. The van der Waals surface area contributed by atoms with Gasteiger partial charge >= 0.3 is 0 Å². The zero-order valence-corrected chi connectivity index (χ0v) is 12.2. The maximum Gasteiger partial charge on any atom is 0.155 e. The van der Waals surface area contributed by atoms with Gasteiger partial charge in [-0.25, -0.2) is 0 Å². The van der Waals surface area contributed by atoms with E-state index in [1.165, 1.54) is 0 Å². The molecule has 5 nitrogen and oxygen atoms in total. The van der Waals surface area contributed by atoms with E-state index in [1.54, 1.807) is 0 Å². The quantitative estimate of drug-likeness (QED) is 0.766. The fourth-order valence-electron chi connectivity index (χ4n) is 1.33. The summed E-state index contributed by atoms with van der Waals surface area (Å²) in [5, 5.41) is 11.6. The van der Waals surface area contributed by atoms with E-state index in [0.29, 0.717) is 18.3 Å². The average Bonchev–Trinajstić information content (AvgIpc) is 2.33. The highest BCUT2D eigenvalue weighted by atomic mass is 35.5. The van der Waals surface area contributed by atoms with Crippen LogP contribution in [0.25, 0.3) is 0 Å². The minimum atomic E-state index is 0.459. The number of aromatic nitrogens is 2. The maximum atomic E-state index is 5.89. The summed E-state index contributed by atoms with van der Waals surface area (Å²) in [6.07, 6.45) is 0. The Morgan fingerprint density at radius 3 is 2.56 bits per heavy atom. The van der Waals surface area contributed by atoms with Gasteiger partial charge < -0.3 is 15.0 Å². The van der Waals surface area contributed by atoms with Gasteiger partial charge in [0.15, 0.2) is 11.0 Å². The van der Waals surface area contributed by atoms with Crippen LogP contribution in [0.4, 0.5) is 5.82 Å². The molecule has 0 saturated carbocycles. The lowest BCUT2D eigenvalue weighted by molar-refractivity contribution is 0.126. The van der Waals surface area contributed by atoms with E-state index in [4.69, 9.17) is 16.3 Å². The Morgan fingerprint density at radius 1 is 1.17 bits per heavy atom. The molecule has 1 aromatic heterocycles. The van der Waals surface area contributed by atoms with Crippen LogP contribution < -0.4 is 5.32 Å². The Labute approximate surface area is 113 Å². The van der Waals surface area contributed by atoms with E-state index in [1.807, 2.05) is 27.9 Å². The van der Waals surface area contributed by atoms with Crippen molar-refractivity contribution in [2.24, 2.45) is 0 Å². The van der Waals surface area contributed by atoms with Crippen molar-refractivity contribution < 1.29 is 4.74 Å². The molecule has 0 radical (unpaired) electrons. The van der Waals surface area contributed by atoms with Gasteiger partial charge in [0, 0.05) is 13.1 Å². The second-order valence-electron chi connectivity index (χ2n) is 4.43. The zero-order chi connectivity index (χ0) is 13.5. The summed E-state index contributed by atoms with van der Waals surface area (Å²) in [4.78, 5) is 2.09. The first-order valence-corrected chi connectivity index (χ1v) is 6.36. The number of nitrogens with one attached hydrogen (secondary N) is 1. The van der Waals surface area contributed by atoms with Crippen LogP contribution in [0, 0.1) is 13.8 Å². The molecule has 0 bridgehead atoms. The van der Waals surface area contributed by atoms with Gasteiger partial charge in [-0.2, -0.15) is 0 Å². The SMILES string of the molecule is Cc1c(Cl)nnc(NCCOCCN(C)C)c1C. The zero-order valence-electron chi connectivity index (χ0n) is 11.5. The number of hydrogen-bond donors (Lipinski definition) is 1. The van der Waals surface area contributed by atoms with Gasteiger partial charge in [-0.1, -0.05) is 11.6 Å². The molecule has 0 spiro atoms. The highest BCUT2D eigenvalue weighted by Crippen LogP contribution is 2.20. The molecule has 6 heteroatoms. The third-order valence-electron chi connectivity index (χ3n) is 2.69. The number of rotatable bonds is 7. The van der Waals surface area contributed by atoms with Crippen molar-refractivity contribution in [2.45, 2.75) is 13.8 Å². The first-order chi connectivity index (χ1) is 8.52. The molecule has 0 unspecified atom stereocenters. The molecule has 0 aliphatic rings. The monoisotopic (exact) mass is 272 g/mol. The van der Waals surface area contributed by atoms with Gasteiger partial charge in [0.05, 0.1) is 13.2 Å². The van der Waals surface area contributed by atoms with Crippen molar-refractivity contribution in [2.75, 3.05) is 45.7 Å². The van der Waals surface area contributed by atoms with Crippen LogP contribution in [0.15, 0.2) is 0 Å². The largest absolute Gasteiger partial charge is 0.378 e. The van der Waals surface area contributed by atoms with Crippen LogP contribution in [-0.4, -0.2) is 55.5 Å². The number of halogens is 1. The molecule has 1 heterocycles. The van der Waals surface area contributed by atoms with Crippen molar-refractivity contribution in [1.29, 1.82) is 0 Å². The number of ether oxygens (including phenoxy) is 1. The molecule has 0 aliphatic carbocycles. The summed E-state index contributed by atoms with van der Waals surface area (Å²) in [5.41, 5.74) is 1.99. The van der Waals surface area contributed by atoms with Crippen molar-refractivity contribution in [1.82, 2.24) is 15.1 Å². The van der Waals surface area contributed by atoms with Crippen LogP contribution in [0.2, 0.25) is 5.15 Å². The number of anilines is 1. The van der Waals surface area contributed by atoms with E-state index in [0.717, 1.165) is 30.1 Å². The van der Waals surface area contributed by atoms with Crippen LogP contribution >= 0.6 is 11.6 Å². The van der Waals surface area contributed by atoms with E-state index in [9.17, 15) is 0 Å². The van der Waals surface area contributed by atoms with E-state index < -0.39 is 0 Å². The van der Waals surface area contributed by atoms with E-state index >= 15 is 0 Å². The van der Waals surface area contributed by atoms with Crippen molar-refractivity contribution in [3.05, 3.63) is 16.3 Å². The van der Waals surface area contributed by atoms with Gasteiger partial charge in [0.2, 0.25) is 0 Å². The normalized spacial score (nSPS) is 11.0. The minimum absolute atomic E-state index is 0.459. The fourth-order valence-corrected chi connectivity index (χ4v) is 1.51. The molecular formula is C12H21ClN4O. The van der Waals surface area contributed by atoms with Crippen LogP contribution in [-0.2, 0) is 4.74 Å². The summed E-state index contributed by atoms with van der Waals surface area (Å²) in [7, 11) is 4.05. The van der Waals surface area contributed by atoms with E-state index in [2.05, 4.69) is 20.4 Å². The third-order valence-corrected chi connectivity index (χ3v) is 3.05. The molecular weight excluding hydrogens is 252 g/mol. The Balaban J connectivity index is 2.30. The smallest absolute Gasteiger partial charge is 0.155 e. The molecule has 0 aliphatic heterocycles. The highest BCUT2D eigenvalue weighted by molar-refractivity contribution is 6.30. The summed E-state index contributed by atoms with van der Waals surface area (Å²) < 4.78 is 5.48. The molecule has 18 heavy (non-hydrogen) atoms. The Hall–Kier alpha value is -0.910. The van der Waals surface area contributed by atoms with Crippen LogP contribution in [0.3, 0.4) is 0 Å². The topological polar surface area (TPSA) is 50.3 Å². The lowest BCUT2D eigenvalue weighted by Gasteiger charge is -2.12. The molecule has 0 amide bonds. The first-order valence-electron chi connectivity index (χ1n) is 5.98. The Kier molecular flexibility index (Phi) is 6.32. The predicted octanol–water partition coefficient (Wildman–Crippen LogP) is 1.74. The van der Waals surface area contributed by atoms with Gasteiger partial charge in [-0.05, 0) is 39.1 Å². The maximum absolute atomic E-state index is 5.89. The summed E-state index contributed by atoms with van der Waals surface area (Å²) in [6, 6.07) is 0. The van der Waals surface area contributed by atoms with Crippen molar-refractivity contribution in [3.8, 4) is 0 Å². The second-order valence-corrected chi connectivity index (χ2v) is 4.79. The predicted molar refractivity (Wildman–Crippen MR) is 74.4 cm³/mol. The highest BCUT2D eigenvalue weighted by Gasteiger charge is 2.07. The standard InChI is InChI=1S/C12H21ClN4O/c1-9-10(2)12(16-15-11(9)13)14-5-7-18-8-6-17(3)4/h5-8H2,1-4H3,(H,14,16). The lowest BCUT2D eigenvalue weighted by atomic mass is 10.2. The molecule has 0 atom stereocenters. The molecule has 0 aromatic carbocycles. The molecule has 0 saturated heterocycles. The summed E-state index contributed by atoms with van der Waals surface area (Å²) in [5.74, 6) is 0.771. The van der Waals surface area contributed by atoms with Gasteiger partial charge in [-0.15, -0.1) is 10.2 Å². The second kappa shape index (κ2) is 7.51. The number of nitrogens with zero attached hydrogens (tertiary/aromatic N) is 3. The molecule has 1 rings (SSSR count). The van der Waals surface area contributed by atoms with Crippen LogP contribution in [0.1, 0.15) is 11.1 Å². The Bertz CT molecular complexity index is 385. The van der Waals surface area contributed by atoms with Crippen LogP contribution in [0.5, 0.6) is 0 Å². The molecule has 0 fully saturated rings. The fraction of sp³-hybridized carbons (Fsp3) is 0.667. The first kappa shape index (κ1) is 15.1. The average molecular weight is 273 g/mol. The number of hydrogen-bond acceptors (Lipinski definition) is 5. The third kappa shape index (κ3) is 4.76. The van der Waals surface area contributed by atoms with E-state index in [-0.39, 0.29) is 0 Å². The molecule has 1 N–H and O–H groups in total. The van der Waals surface area contributed by atoms with Gasteiger partial charge in [-0.3, -0.25) is 0 Å². The molecule has 102 valence electrons. The van der Waals surface area contributed by atoms with Crippen molar-refractivity contribution >= 4 is 17.4 Å². The van der Waals surface area contributed by atoms with Gasteiger partial charge in [0.1, 0.15) is 0 Å². The summed E-state index contributed by atoms with van der Waals surface area (Å²) in [6.45, 7) is 6.94. The Morgan fingerprint density at radius 2 is 1.89 bits per heavy atom. The van der Waals surface area contributed by atoms with Gasteiger partial charge in [0.25, 0.3) is 0 Å². The minimum Gasteiger partial charge on any atom is -0.378 e. The molecule has 1 aromatic rings. The lowest BCUT2D eigenvalue weighted by Crippen LogP contribution is -2.20.